The van der Waals surface area contributed by atoms with Crippen molar-refractivity contribution in [3.05, 3.63) is 46.8 Å². The topological polar surface area (TPSA) is 112 Å². The number of carboxylic acids is 1. The number of aromatic carboxylic acids is 1. The van der Waals surface area contributed by atoms with Crippen molar-refractivity contribution < 1.29 is 19.8 Å². The fourth-order valence-corrected chi connectivity index (χ4v) is 1.77. The lowest BCUT2D eigenvalue weighted by atomic mass is 10.1. The predicted octanol–water partition coefficient (Wildman–Crippen LogP) is 1.75. The van der Waals surface area contributed by atoms with Gasteiger partial charge < -0.3 is 15.5 Å². The van der Waals surface area contributed by atoms with Gasteiger partial charge in [-0.2, -0.15) is 10.2 Å². The van der Waals surface area contributed by atoms with E-state index < -0.39 is 17.6 Å². The number of nitrogens with one attached hydrogen (secondary N) is 1. The van der Waals surface area contributed by atoms with Crippen molar-refractivity contribution in [2.75, 3.05) is 5.32 Å². The van der Waals surface area contributed by atoms with Crippen LogP contribution in [0, 0.1) is 13.8 Å². The second-order valence-electron chi connectivity index (χ2n) is 4.48. The van der Waals surface area contributed by atoms with Gasteiger partial charge in [-0.1, -0.05) is 0 Å². The SMILES string of the molecule is Cc1cc(C(=O)Nc2ccc(C(=O)O)c(O)c2)c(C)nn1. The molecule has 0 aliphatic carbocycles. The van der Waals surface area contributed by atoms with Crippen molar-refractivity contribution in [3.8, 4) is 5.75 Å². The zero-order valence-electron chi connectivity index (χ0n) is 11.4. The molecule has 0 aliphatic rings. The molecule has 1 aromatic carbocycles. The molecule has 3 N–H and O–H groups in total. The lowest BCUT2D eigenvalue weighted by Crippen LogP contribution is -2.15. The van der Waals surface area contributed by atoms with Gasteiger partial charge in [0.1, 0.15) is 11.3 Å². The van der Waals surface area contributed by atoms with E-state index in [0.717, 1.165) is 0 Å². The van der Waals surface area contributed by atoms with E-state index in [1.54, 1.807) is 19.9 Å². The molecule has 1 aromatic heterocycles. The van der Waals surface area contributed by atoms with Crippen molar-refractivity contribution in [1.29, 1.82) is 0 Å². The average Bonchev–Trinajstić information content (AvgIpc) is 2.41. The van der Waals surface area contributed by atoms with Gasteiger partial charge in [-0.05, 0) is 32.0 Å². The zero-order chi connectivity index (χ0) is 15.6. The third-order valence-electron chi connectivity index (χ3n) is 2.83. The highest BCUT2D eigenvalue weighted by atomic mass is 16.4. The molecule has 2 rings (SSSR count). The molecule has 0 saturated heterocycles. The second-order valence-corrected chi connectivity index (χ2v) is 4.48. The molecular formula is C14H13N3O4. The maximum Gasteiger partial charge on any atom is 0.339 e. The number of benzene rings is 1. The summed E-state index contributed by atoms with van der Waals surface area (Å²) in [6.45, 7) is 3.38. The number of amides is 1. The van der Waals surface area contributed by atoms with Crippen LogP contribution in [0.2, 0.25) is 0 Å². The van der Waals surface area contributed by atoms with Crippen LogP contribution in [0.4, 0.5) is 5.69 Å². The maximum absolute atomic E-state index is 12.1. The number of phenols is 1. The van der Waals surface area contributed by atoms with Crippen molar-refractivity contribution in [3.63, 3.8) is 0 Å². The molecule has 0 unspecified atom stereocenters. The van der Waals surface area contributed by atoms with Gasteiger partial charge in [-0.3, -0.25) is 4.79 Å². The highest BCUT2D eigenvalue weighted by molar-refractivity contribution is 6.05. The van der Waals surface area contributed by atoms with E-state index in [1.807, 2.05) is 0 Å². The van der Waals surface area contributed by atoms with E-state index in [-0.39, 0.29) is 11.3 Å². The van der Waals surface area contributed by atoms with E-state index in [1.165, 1.54) is 18.2 Å². The first-order valence-corrected chi connectivity index (χ1v) is 6.07. The Hall–Kier alpha value is -2.96. The molecule has 1 heterocycles. The normalized spacial score (nSPS) is 10.2. The van der Waals surface area contributed by atoms with Gasteiger partial charge in [0.05, 0.1) is 17.0 Å². The quantitative estimate of drug-likeness (QED) is 0.792. The van der Waals surface area contributed by atoms with Gasteiger partial charge in [0.25, 0.3) is 5.91 Å². The average molecular weight is 287 g/mol. The van der Waals surface area contributed by atoms with Crippen molar-refractivity contribution in [1.82, 2.24) is 10.2 Å². The van der Waals surface area contributed by atoms with Crippen LogP contribution in [0.3, 0.4) is 0 Å². The standard InChI is InChI=1S/C14H13N3O4/c1-7-5-11(8(2)17-16-7)13(19)15-9-3-4-10(14(20)21)12(18)6-9/h3-6,18H,1-2H3,(H,15,19)(H,20,21). The van der Waals surface area contributed by atoms with Crippen LogP contribution >= 0.6 is 0 Å². The molecule has 0 saturated carbocycles. The third kappa shape index (κ3) is 3.14. The summed E-state index contributed by atoms with van der Waals surface area (Å²) in [6, 6.07) is 5.40. The summed E-state index contributed by atoms with van der Waals surface area (Å²) in [7, 11) is 0. The van der Waals surface area contributed by atoms with Crippen LogP contribution in [0.15, 0.2) is 24.3 Å². The van der Waals surface area contributed by atoms with Crippen LogP contribution < -0.4 is 5.32 Å². The van der Waals surface area contributed by atoms with Crippen LogP contribution in [0.25, 0.3) is 0 Å². The first-order chi connectivity index (χ1) is 9.88. The lowest BCUT2D eigenvalue weighted by Gasteiger charge is -2.08. The molecule has 21 heavy (non-hydrogen) atoms. The maximum atomic E-state index is 12.1. The summed E-state index contributed by atoms with van der Waals surface area (Å²) in [6.07, 6.45) is 0. The Labute approximate surface area is 120 Å². The van der Waals surface area contributed by atoms with E-state index >= 15 is 0 Å². The van der Waals surface area contributed by atoms with Gasteiger partial charge in [-0.15, -0.1) is 0 Å². The first-order valence-electron chi connectivity index (χ1n) is 6.07. The van der Waals surface area contributed by atoms with Crippen LogP contribution in [0.5, 0.6) is 5.75 Å². The Balaban J connectivity index is 2.26. The fourth-order valence-electron chi connectivity index (χ4n) is 1.77. The van der Waals surface area contributed by atoms with E-state index in [9.17, 15) is 14.7 Å². The number of anilines is 1. The predicted molar refractivity (Wildman–Crippen MR) is 74.5 cm³/mol. The number of nitrogens with zero attached hydrogens (tertiary/aromatic N) is 2. The van der Waals surface area contributed by atoms with Gasteiger partial charge in [0.2, 0.25) is 0 Å². The number of aryl methyl sites for hydroxylation is 2. The molecule has 0 atom stereocenters. The molecule has 0 aliphatic heterocycles. The summed E-state index contributed by atoms with van der Waals surface area (Å²) in [4.78, 5) is 22.9. The number of rotatable bonds is 3. The Bertz CT molecular complexity index is 728. The second kappa shape index (κ2) is 5.58. The molecule has 108 valence electrons. The van der Waals surface area contributed by atoms with Gasteiger partial charge in [0.15, 0.2) is 0 Å². The molecule has 0 fully saturated rings. The minimum Gasteiger partial charge on any atom is -0.507 e. The summed E-state index contributed by atoms with van der Waals surface area (Å²) >= 11 is 0. The third-order valence-corrected chi connectivity index (χ3v) is 2.83. The molecule has 7 heteroatoms. The van der Waals surface area contributed by atoms with E-state index in [2.05, 4.69) is 15.5 Å². The Kier molecular flexibility index (Phi) is 3.84. The Morgan fingerprint density at radius 2 is 1.81 bits per heavy atom. The van der Waals surface area contributed by atoms with Crippen LogP contribution in [-0.2, 0) is 0 Å². The first kappa shape index (κ1) is 14.4. The number of carbonyl (C=O) groups excluding carboxylic acids is 1. The number of hydrogen-bond donors (Lipinski definition) is 3. The molecule has 7 nitrogen and oxygen atoms in total. The minimum atomic E-state index is -1.24. The fraction of sp³-hybridized carbons (Fsp3) is 0.143. The summed E-state index contributed by atoms with van der Waals surface area (Å²) in [5.74, 6) is -2.07. The zero-order valence-corrected chi connectivity index (χ0v) is 11.4. The largest absolute Gasteiger partial charge is 0.507 e. The Morgan fingerprint density at radius 1 is 1.10 bits per heavy atom. The number of aromatic hydroxyl groups is 1. The van der Waals surface area contributed by atoms with Crippen LogP contribution in [-0.4, -0.2) is 32.3 Å². The van der Waals surface area contributed by atoms with E-state index in [0.29, 0.717) is 17.0 Å². The number of carbonyl (C=O) groups is 2. The number of hydrogen-bond acceptors (Lipinski definition) is 5. The molecule has 2 aromatic rings. The molecule has 0 spiro atoms. The Morgan fingerprint density at radius 3 is 2.43 bits per heavy atom. The van der Waals surface area contributed by atoms with Gasteiger partial charge in [0, 0.05) is 11.8 Å². The van der Waals surface area contributed by atoms with E-state index in [4.69, 9.17) is 5.11 Å². The smallest absolute Gasteiger partial charge is 0.339 e. The van der Waals surface area contributed by atoms with Gasteiger partial charge >= 0.3 is 5.97 Å². The molecular weight excluding hydrogens is 274 g/mol. The number of carboxylic acid groups (broad SMARTS) is 1. The molecule has 0 radical (unpaired) electrons. The van der Waals surface area contributed by atoms with Crippen molar-refractivity contribution in [2.24, 2.45) is 0 Å². The minimum absolute atomic E-state index is 0.231. The lowest BCUT2D eigenvalue weighted by molar-refractivity contribution is 0.0693. The molecule has 0 bridgehead atoms. The van der Waals surface area contributed by atoms with Crippen molar-refractivity contribution >= 4 is 17.6 Å². The van der Waals surface area contributed by atoms with Crippen LogP contribution in [0.1, 0.15) is 32.1 Å². The summed E-state index contributed by atoms with van der Waals surface area (Å²) in [5.41, 5.74) is 1.51. The molecule has 1 amide bonds. The summed E-state index contributed by atoms with van der Waals surface area (Å²) < 4.78 is 0. The van der Waals surface area contributed by atoms with Gasteiger partial charge in [-0.25, -0.2) is 4.79 Å². The summed E-state index contributed by atoms with van der Waals surface area (Å²) in [5, 5.41) is 28.7. The highest BCUT2D eigenvalue weighted by Crippen LogP contribution is 2.22. The number of aromatic nitrogens is 2. The highest BCUT2D eigenvalue weighted by Gasteiger charge is 2.14. The van der Waals surface area contributed by atoms with Crippen molar-refractivity contribution in [2.45, 2.75) is 13.8 Å². The monoisotopic (exact) mass is 287 g/mol.